The fourth-order valence-corrected chi connectivity index (χ4v) is 0.808. The Labute approximate surface area is 84.2 Å². The highest BCUT2D eigenvalue weighted by Crippen LogP contribution is 2.10. The van der Waals surface area contributed by atoms with E-state index in [1.54, 1.807) is 20.8 Å². The maximum atomic E-state index is 12.4. The Balaban J connectivity index is 4.24. The Hall–Kier alpha value is -0.840. The van der Waals surface area contributed by atoms with Gasteiger partial charge in [0.25, 0.3) is 0 Å². The zero-order chi connectivity index (χ0) is 11.4. The van der Waals surface area contributed by atoms with E-state index in [4.69, 9.17) is 10.5 Å². The van der Waals surface area contributed by atoms with Gasteiger partial charge in [-0.15, -0.1) is 0 Å². The number of amides is 1. The Morgan fingerprint density at radius 3 is 2.36 bits per heavy atom. The number of carbonyl (C=O) groups excluding carboxylic acids is 1. The molecule has 1 amide bonds. The molecule has 0 aromatic heterocycles. The summed E-state index contributed by atoms with van der Waals surface area (Å²) in [6.07, 6.45) is -0.550. The van der Waals surface area contributed by atoms with Crippen LogP contribution in [0.1, 0.15) is 20.8 Å². The number of ether oxygens (including phenoxy) is 1. The molecule has 2 N–H and O–H groups in total. The van der Waals surface area contributed by atoms with Gasteiger partial charge in [-0.2, -0.15) is 0 Å². The highest BCUT2D eigenvalue weighted by atomic mass is 19.1. The summed E-state index contributed by atoms with van der Waals surface area (Å²) < 4.78 is 17.4. The van der Waals surface area contributed by atoms with Crippen LogP contribution in [0.3, 0.4) is 0 Å². The van der Waals surface area contributed by atoms with E-state index in [1.807, 2.05) is 0 Å². The Morgan fingerprint density at radius 2 is 2.07 bits per heavy atom. The summed E-state index contributed by atoms with van der Waals surface area (Å²) >= 11 is 0. The molecule has 0 aromatic carbocycles. The van der Waals surface area contributed by atoms with E-state index >= 15 is 0 Å². The maximum absolute atomic E-state index is 12.4. The van der Waals surface area contributed by atoms with E-state index in [9.17, 15) is 9.18 Å². The molecule has 0 aliphatic carbocycles. The number of nitrogens with two attached hydrogens (primary N) is 1. The molecule has 1 unspecified atom stereocenters. The zero-order valence-corrected chi connectivity index (χ0v) is 9.21. The zero-order valence-electron chi connectivity index (χ0n) is 9.21. The molecule has 0 heterocycles. The predicted octanol–water partition coefficient (Wildman–Crippen LogP) is 1.15. The Kier molecular flexibility index (Phi) is 4.83. The summed E-state index contributed by atoms with van der Waals surface area (Å²) in [7, 11) is 1.48. The van der Waals surface area contributed by atoms with Crippen molar-refractivity contribution in [3.05, 3.63) is 0 Å². The molecule has 0 spiro atoms. The molecule has 0 saturated carbocycles. The summed E-state index contributed by atoms with van der Waals surface area (Å²) in [5.74, 6) is 0. The minimum absolute atomic E-state index is 0.0895. The molecular weight excluding hydrogens is 187 g/mol. The van der Waals surface area contributed by atoms with Crippen LogP contribution in [0, 0.1) is 0 Å². The number of likely N-dealkylation sites (N-methyl/N-ethyl adjacent to an activating group) is 1. The van der Waals surface area contributed by atoms with Crippen LogP contribution in [-0.2, 0) is 4.74 Å². The van der Waals surface area contributed by atoms with E-state index in [-0.39, 0.29) is 6.54 Å². The summed E-state index contributed by atoms with van der Waals surface area (Å²) in [6, 6.07) is -0.607. The average Bonchev–Trinajstić information content (AvgIpc) is 2.03. The normalized spacial score (nSPS) is 13.6. The fourth-order valence-electron chi connectivity index (χ4n) is 0.808. The lowest BCUT2D eigenvalue weighted by molar-refractivity contribution is 0.0207. The van der Waals surface area contributed by atoms with Crippen molar-refractivity contribution in [1.29, 1.82) is 0 Å². The average molecular weight is 206 g/mol. The first-order chi connectivity index (χ1) is 6.31. The molecule has 5 heteroatoms. The predicted molar refractivity (Wildman–Crippen MR) is 52.8 cm³/mol. The molecule has 0 bridgehead atoms. The number of halogens is 1. The number of hydrogen-bond acceptors (Lipinski definition) is 3. The number of hydrogen-bond donors (Lipinski definition) is 1. The Bertz CT molecular complexity index is 188. The van der Waals surface area contributed by atoms with E-state index < -0.39 is 24.4 Å². The van der Waals surface area contributed by atoms with Gasteiger partial charge in [0, 0.05) is 13.6 Å². The number of carbonyl (C=O) groups is 1. The van der Waals surface area contributed by atoms with Crippen LogP contribution in [0.5, 0.6) is 0 Å². The van der Waals surface area contributed by atoms with Crippen molar-refractivity contribution in [1.82, 2.24) is 4.90 Å². The van der Waals surface area contributed by atoms with E-state index in [1.165, 1.54) is 11.9 Å². The molecule has 0 aliphatic heterocycles. The number of alkyl halides is 1. The maximum Gasteiger partial charge on any atom is 0.410 e. The molecule has 14 heavy (non-hydrogen) atoms. The van der Waals surface area contributed by atoms with E-state index in [0.717, 1.165) is 0 Å². The van der Waals surface area contributed by atoms with Gasteiger partial charge < -0.3 is 15.4 Å². The van der Waals surface area contributed by atoms with Gasteiger partial charge in [-0.25, -0.2) is 9.18 Å². The first-order valence-corrected chi connectivity index (χ1v) is 4.53. The van der Waals surface area contributed by atoms with E-state index in [0.29, 0.717) is 0 Å². The summed E-state index contributed by atoms with van der Waals surface area (Å²) in [4.78, 5) is 12.6. The summed E-state index contributed by atoms with van der Waals surface area (Å²) in [6.45, 7) is 4.70. The second-order valence-electron chi connectivity index (χ2n) is 4.14. The standard InChI is InChI=1S/C9H19FN2O2/c1-9(2,3)14-8(13)12(4)7(5-10)6-11/h7H,5-6,11H2,1-4H3. The van der Waals surface area contributed by atoms with Crippen LogP contribution >= 0.6 is 0 Å². The van der Waals surface area contributed by atoms with Gasteiger partial charge in [0.1, 0.15) is 12.3 Å². The second kappa shape index (κ2) is 5.14. The van der Waals surface area contributed by atoms with E-state index in [2.05, 4.69) is 0 Å². The molecule has 0 aromatic rings. The minimum Gasteiger partial charge on any atom is -0.444 e. The lowest BCUT2D eigenvalue weighted by Gasteiger charge is -2.28. The molecule has 0 rings (SSSR count). The topological polar surface area (TPSA) is 55.6 Å². The first kappa shape index (κ1) is 13.2. The summed E-state index contributed by atoms with van der Waals surface area (Å²) in [5.41, 5.74) is 4.73. The highest BCUT2D eigenvalue weighted by molar-refractivity contribution is 5.68. The molecule has 0 radical (unpaired) electrons. The Morgan fingerprint density at radius 1 is 1.57 bits per heavy atom. The van der Waals surface area contributed by atoms with Gasteiger partial charge in [0.2, 0.25) is 0 Å². The molecule has 0 fully saturated rings. The largest absolute Gasteiger partial charge is 0.444 e. The van der Waals surface area contributed by atoms with Crippen molar-refractivity contribution in [2.75, 3.05) is 20.3 Å². The lowest BCUT2D eigenvalue weighted by atomic mass is 10.2. The van der Waals surface area contributed by atoms with Gasteiger partial charge >= 0.3 is 6.09 Å². The number of rotatable bonds is 3. The smallest absolute Gasteiger partial charge is 0.410 e. The third-order valence-corrected chi connectivity index (χ3v) is 1.68. The van der Waals surface area contributed by atoms with Crippen molar-refractivity contribution < 1.29 is 13.9 Å². The lowest BCUT2D eigenvalue weighted by Crippen LogP contribution is -2.45. The molecule has 4 nitrogen and oxygen atoms in total. The van der Waals surface area contributed by atoms with Crippen molar-refractivity contribution >= 4 is 6.09 Å². The van der Waals surface area contributed by atoms with Gasteiger partial charge in [0.15, 0.2) is 0 Å². The van der Waals surface area contributed by atoms with Crippen LogP contribution < -0.4 is 5.73 Å². The van der Waals surface area contributed by atoms with Crippen LogP contribution in [0.25, 0.3) is 0 Å². The molecule has 1 atom stereocenters. The first-order valence-electron chi connectivity index (χ1n) is 4.53. The molecular formula is C9H19FN2O2. The van der Waals surface area contributed by atoms with Gasteiger partial charge in [-0.3, -0.25) is 0 Å². The van der Waals surface area contributed by atoms with Crippen LogP contribution in [0.2, 0.25) is 0 Å². The molecule has 0 saturated heterocycles. The van der Waals surface area contributed by atoms with Crippen LogP contribution in [0.4, 0.5) is 9.18 Å². The second-order valence-corrected chi connectivity index (χ2v) is 4.14. The van der Waals surface area contributed by atoms with Crippen molar-refractivity contribution in [3.8, 4) is 0 Å². The summed E-state index contributed by atoms with van der Waals surface area (Å²) in [5, 5.41) is 0. The monoisotopic (exact) mass is 206 g/mol. The third-order valence-electron chi connectivity index (χ3n) is 1.68. The van der Waals surface area contributed by atoms with Crippen molar-refractivity contribution in [3.63, 3.8) is 0 Å². The SMILES string of the molecule is CN(C(=O)OC(C)(C)C)C(CN)CF. The van der Waals surface area contributed by atoms with Crippen LogP contribution in [0.15, 0.2) is 0 Å². The van der Waals surface area contributed by atoms with Crippen LogP contribution in [-0.4, -0.2) is 42.9 Å². The van der Waals surface area contributed by atoms with Gasteiger partial charge in [0.05, 0.1) is 6.04 Å². The highest BCUT2D eigenvalue weighted by Gasteiger charge is 2.24. The molecule has 84 valence electrons. The minimum atomic E-state index is -0.660. The third kappa shape index (κ3) is 4.41. The molecule has 0 aliphatic rings. The van der Waals surface area contributed by atoms with Crippen molar-refractivity contribution in [2.45, 2.75) is 32.4 Å². The quantitative estimate of drug-likeness (QED) is 0.753. The van der Waals surface area contributed by atoms with Crippen molar-refractivity contribution in [2.24, 2.45) is 5.73 Å². The van der Waals surface area contributed by atoms with Gasteiger partial charge in [-0.05, 0) is 20.8 Å². The fraction of sp³-hybridized carbons (Fsp3) is 0.889. The van der Waals surface area contributed by atoms with Gasteiger partial charge in [-0.1, -0.05) is 0 Å². The number of nitrogens with zero attached hydrogens (tertiary/aromatic N) is 1.